The number of halogens is 3. The second-order valence-corrected chi connectivity index (χ2v) is 4.66. The molecule has 7 nitrogen and oxygen atoms in total. The average Bonchev–Trinajstić information content (AvgIpc) is 2.73. The number of imide groups is 1. The number of carbonyl (C=O) groups is 4. The Bertz CT molecular complexity index is 462. The predicted molar refractivity (Wildman–Crippen MR) is 64.7 cm³/mol. The third-order valence-electron chi connectivity index (χ3n) is 2.88. The predicted octanol–water partition coefficient (Wildman–Crippen LogP) is 0.831. The lowest BCUT2D eigenvalue weighted by Gasteiger charge is -2.20. The zero-order chi connectivity index (χ0) is 16.9. The molecule has 1 fully saturated rings. The Labute approximate surface area is 123 Å². The molecule has 0 spiro atoms. The number of nitrogens with zero attached hydrogens (tertiary/aromatic N) is 1. The van der Waals surface area contributed by atoms with E-state index in [1.807, 2.05) is 0 Å². The second-order valence-electron chi connectivity index (χ2n) is 4.66. The lowest BCUT2D eigenvalue weighted by Crippen LogP contribution is -2.49. The van der Waals surface area contributed by atoms with Crippen molar-refractivity contribution in [2.24, 2.45) is 0 Å². The number of hydroxylamine groups is 2. The van der Waals surface area contributed by atoms with Gasteiger partial charge in [0.1, 0.15) is 6.04 Å². The van der Waals surface area contributed by atoms with Gasteiger partial charge in [-0.2, -0.15) is 13.2 Å². The van der Waals surface area contributed by atoms with Crippen LogP contribution in [-0.2, 0) is 24.0 Å². The van der Waals surface area contributed by atoms with Crippen LogP contribution in [0.4, 0.5) is 13.2 Å². The molecule has 1 unspecified atom stereocenters. The summed E-state index contributed by atoms with van der Waals surface area (Å²) < 4.78 is 36.7. The summed E-state index contributed by atoms with van der Waals surface area (Å²) in [6.07, 6.45) is -4.62. The number of hydrogen-bond acceptors (Lipinski definition) is 5. The van der Waals surface area contributed by atoms with Gasteiger partial charge in [0.05, 0.1) is 0 Å². The Morgan fingerprint density at radius 3 is 2.27 bits per heavy atom. The first-order valence-corrected chi connectivity index (χ1v) is 6.62. The van der Waals surface area contributed by atoms with E-state index in [1.165, 1.54) is 5.32 Å². The number of amides is 3. The van der Waals surface area contributed by atoms with Crippen LogP contribution in [0.25, 0.3) is 0 Å². The zero-order valence-corrected chi connectivity index (χ0v) is 11.7. The quantitative estimate of drug-likeness (QED) is 0.731. The first-order valence-electron chi connectivity index (χ1n) is 6.62. The first-order chi connectivity index (χ1) is 10.2. The Morgan fingerprint density at radius 1 is 1.27 bits per heavy atom. The minimum atomic E-state index is -5.15. The zero-order valence-electron chi connectivity index (χ0n) is 11.7. The minimum Gasteiger partial charge on any atom is -0.335 e. The summed E-state index contributed by atoms with van der Waals surface area (Å²) in [5.41, 5.74) is 0. The maximum atomic E-state index is 12.2. The highest BCUT2D eigenvalue weighted by Gasteiger charge is 2.42. The minimum absolute atomic E-state index is 0.104. The van der Waals surface area contributed by atoms with Crippen LogP contribution in [0, 0.1) is 0 Å². The molecule has 1 atom stereocenters. The molecule has 0 aromatic heterocycles. The van der Waals surface area contributed by atoms with Crippen LogP contribution in [-0.4, -0.2) is 41.0 Å². The van der Waals surface area contributed by atoms with Crippen LogP contribution in [0.2, 0.25) is 0 Å². The standard InChI is InChI=1S/C12H15F3N2O5/c1-2-3-4-7(16-11(21)12(13,14)15)10(20)22-17-8(18)5-6-9(17)19/h7H,2-6H2,1H3,(H,16,21). The Morgan fingerprint density at radius 2 is 1.82 bits per heavy atom. The highest BCUT2D eigenvalue weighted by atomic mass is 19.4. The van der Waals surface area contributed by atoms with E-state index >= 15 is 0 Å². The number of nitrogens with one attached hydrogen (secondary N) is 1. The fraction of sp³-hybridized carbons (Fsp3) is 0.667. The van der Waals surface area contributed by atoms with Crippen LogP contribution >= 0.6 is 0 Å². The fourth-order valence-electron chi connectivity index (χ4n) is 1.71. The monoisotopic (exact) mass is 324 g/mol. The van der Waals surface area contributed by atoms with Gasteiger partial charge in [-0.15, -0.1) is 5.06 Å². The molecule has 3 amide bonds. The van der Waals surface area contributed by atoms with Gasteiger partial charge in [0.25, 0.3) is 11.8 Å². The lowest BCUT2D eigenvalue weighted by molar-refractivity contribution is -0.200. The summed E-state index contributed by atoms with van der Waals surface area (Å²) in [4.78, 5) is 49.8. The van der Waals surface area contributed by atoms with E-state index in [0.717, 1.165) is 0 Å². The maximum Gasteiger partial charge on any atom is 0.471 e. The van der Waals surface area contributed by atoms with Gasteiger partial charge < -0.3 is 10.2 Å². The van der Waals surface area contributed by atoms with Gasteiger partial charge in [0, 0.05) is 12.8 Å². The van der Waals surface area contributed by atoms with E-state index in [0.29, 0.717) is 12.8 Å². The number of carbonyl (C=O) groups excluding carboxylic acids is 4. The van der Waals surface area contributed by atoms with Crippen molar-refractivity contribution in [1.29, 1.82) is 0 Å². The summed E-state index contributed by atoms with van der Waals surface area (Å²) in [7, 11) is 0. The van der Waals surface area contributed by atoms with Gasteiger partial charge >= 0.3 is 18.1 Å². The first kappa shape index (κ1) is 17.9. The summed E-state index contributed by atoms with van der Waals surface area (Å²) >= 11 is 0. The van der Waals surface area contributed by atoms with Crippen molar-refractivity contribution in [1.82, 2.24) is 10.4 Å². The lowest BCUT2D eigenvalue weighted by atomic mass is 10.1. The van der Waals surface area contributed by atoms with Crippen LogP contribution in [0.15, 0.2) is 0 Å². The van der Waals surface area contributed by atoms with Gasteiger partial charge in [-0.25, -0.2) is 4.79 Å². The molecule has 0 aliphatic carbocycles. The largest absolute Gasteiger partial charge is 0.471 e. The van der Waals surface area contributed by atoms with Crippen molar-refractivity contribution in [3.05, 3.63) is 0 Å². The van der Waals surface area contributed by atoms with Crippen LogP contribution < -0.4 is 5.32 Å². The van der Waals surface area contributed by atoms with Gasteiger partial charge in [-0.3, -0.25) is 14.4 Å². The van der Waals surface area contributed by atoms with Crippen LogP contribution in [0.1, 0.15) is 39.0 Å². The molecule has 1 aliphatic rings. The summed E-state index contributed by atoms with van der Waals surface area (Å²) in [5.74, 6) is -5.08. The maximum absolute atomic E-state index is 12.2. The Kier molecular flexibility index (Phi) is 5.89. The Hall–Kier alpha value is -2.13. The van der Waals surface area contributed by atoms with Crippen molar-refractivity contribution < 1.29 is 37.2 Å². The number of hydrogen-bond donors (Lipinski definition) is 1. The molecular formula is C12H15F3N2O5. The van der Waals surface area contributed by atoms with Crippen molar-refractivity contribution in [3.63, 3.8) is 0 Å². The molecule has 1 rings (SSSR count). The number of alkyl halides is 3. The molecule has 0 radical (unpaired) electrons. The molecule has 0 saturated carbocycles. The molecular weight excluding hydrogens is 309 g/mol. The molecule has 124 valence electrons. The second kappa shape index (κ2) is 7.23. The third kappa shape index (κ3) is 4.71. The van der Waals surface area contributed by atoms with Gasteiger partial charge in [0.2, 0.25) is 0 Å². The van der Waals surface area contributed by atoms with Gasteiger partial charge in [0.15, 0.2) is 0 Å². The smallest absolute Gasteiger partial charge is 0.335 e. The molecule has 22 heavy (non-hydrogen) atoms. The fourth-order valence-corrected chi connectivity index (χ4v) is 1.71. The molecule has 10 heteroatoms. The highest BCUT2D eigenvalue weighted by molar-refractivity contribution is 6.02. The molecule has 1 aliphatic heterocycles. The van der Waals surface area contributed by atoms with Gasteiger partial charge in [-0.05, 0) is 6.42 Å². The average molecular weight is 324 g/mol. The summed E-state index contributed by atoms with van der Waals surface area (Å²) in [6.45, 7) is 1.74. The normalized spacial score (nSPS) is 16.6. The van der Waals surface area contributed by atoms with Crippen molar-refractivity contribution in [2.45, 2.75) is 51.2 Å². The number of rotatable bonds is 6. The van der Waals surface area contributed by atoms with E-state index in [1.54, 1.807) is 6.92 Å². The highest BCUT2D eigenvalue weighted by Crippen LogP contribution is 2.17. The van der Waals surface area contributed by atoms with E-state index < -0.39 is 35.9 Å². The van der Waals surface area contributed by atoms with Gasteiger partial charge in [-0.1, -0.05) is 19.8 Å². The van der Waals surface area contributed by atoms with Crippen LogP contribution in [0.3, 0.4) is 0 Å². The van der Waals surface area contributed by atoms with E-state index in [2.05, 4.69) is 4.84 Å². The molecule has 0 aromatic carbocycles. The van der Waals surface area contributed by atoms with Crippen molar-refractivity contribution >= 4 is 23.7 Å². The van der Waals surface area contributed by atoms with Crippen molar-refractivity contribution in [3.8, 4) is 0 Å². The SMILES string of the molecule is CCCCC(NC(=O)C(F)(F)F)C(=O)ON1C(=O)CCC1=O. The van der Waals surface area contributed by atoms with E-state index in [4.69, 9.17) is 0 Å². The van der Waals surface area contributed by atoms with E-state index in [9.17, 15) is 32.3 Å². The molecule has 1 saturated heterocycles. The molecule has 1 heterocycles. The topological polar surface area (TPSA) is 92.8 Å². The molecule has 0 bridgehead atoms. The van der Waals surface area contributed by atoms with Crippen LogP contribution in [0.5, 0.6) is 0 Å². The molecule has 1 N–H and O–H groups in total. The summed E-state index contributed by atoms with van der Waals surface area (Å²) in [5, 5.41) is 1.73. The Balaban J connectivity index is 2.73. The van der Waals surface area contributed by atoms with Crippen molar-refractivity contribution in [2.75, 3.05) is 0 Å². The third-order valence-corrected chi connectivity index (χ3v) is 2.88. The summed E-state index contributed by atoms with van der Waals surface area (Å²) in [6, 6.07) is -1.59. The molecule has 0 aromatic rings. The van der Waals surface area contributed by atoms with E-state index in [-0.39, 0.29) is 24.3 Å². The number of unbranched alkanes of at least 4 members (excludes halogenated alkanes) is 1.